The number of carbonyl (C=O) groups excluding carboxylic acids is 2. The van der Waals surface area contributed by atoms with E-state index in [9.17, 15) is 19.5 Å². The van der Waals surface area contributed by atoms with Gasteiger partial charge in [-0.3, -0.25) is 9.69 Å². The van der Waals surface area contributed by atoms with Crippen molar-refractivity contribution in [2.75, 3.05) is 13.2 Å². The van der Waals surface area contributed by atoms with Crippen molar-refractivity contribution in [2.24, 2.45) is 5.92 Å². The Morgan fingerprint density at radius 3 is 2.32 bits per heavy atom. The number of Topliss-reactive ketones (excluding diaryl/α,β-unsaturated/α-hetero) is 1. The van der Waals surface area contributed by atoms with Crippen LogP contribution < -0.4 is 0 Å². The highest BCUT2D eigenvalue weighted by Crippen LogP contribution is 2.25. The molecule has 0 aromatic carbocycles. The van der Waals surface area contributed by atoms with E-state index in [0.29, 0.717) is 6.42 Å². The van der Waals surface area contributed by atoms with E-state index in [2.05, 4.69) is 0 Å². The highest BCUT2D eigenvalue weighted by molar-refractivity contribution is 6.40. The molecule has 0 radical (unpaired) electrons. The molecule has 1 saturated heterocycles. The number of likely N-dealkylation sites (tertiary alicyclic amines) is 1. The molecule has 1 heterocycles. The molecule has 0 bridgehead atoms. The monoisotopic (exact) mass is 356 g/mol. The van der Waals surface area contributed by atoms with E-state index in [1.165, 1.54) is 0 Å². The molecule has 2 atom stereocenters. The molecule has 142 valence electrons. The van der Waals surface area contributed by atoms with Gasteiger partial charge in [0.05, 0.1) is 11.8 Å². The smallest absolute Gasteiger partial charge is 0.411 e. The zero-order valence-corrected chi connectivity index (χ0v) is 15.5. The Hall–Kier alpha value is -1.96. The van der Waals surface area contributed by atoms with Gasteiger partial charge in [-0.2, -0.15) is 0 Å². The predicted octanol–water partition coefficient (Wildman–Crippen LogP) is 2.10. The van der Waals surface area contributed by atoms with Crippen molar-refractivity contribution in [3.8, 4) is 0 Å². The van der Waals surface area contributed by atoms with E-state index >= 15 is 0 Å². The number of nitrogens with one attached hydrogen (secondary N) is 1. The number of carboxylic acid groups (broad SMARTS) is 1. The lowest BCUT2D eigenvalue weighted by atomic mass is 9.88. The molecule has 25 heavy (non-hydrogen) atoms. The molecule has 1 aliphatic rings. The van der Waals surface area contributed by atoms with Crippen LogP contribution in [0.3, 0.4) is 0 Å². The van der Waals surface area contributed by atoms with E-state index in [1.807, 2.05) is 0 Å². The maximum atomic E-state index is 12.3. The normalized spacial score (nSPS) is 21.1. The third kappa shape index (κ3) is 6.45. The summed E-state index contributed by atoms with van der Waals surface area (Å²) in [5.74, 6) is -2.09. The molecule has 0 unspecified atom stereocenters. The van der Waals surface area contributed by atoms with Crippen molar-refractivity contribution in [1.82, 2.24) is 4.90 Å². The van der Waals surface area contributed by atoms with Crippen LogP contribution in [0.1, 0.15) is 47.5 Å². The number of rotatable bonds is 6. The lowest BCUT2D eigenvalue weighted by Gasteiger charge is -2.38. The van der Waals surface area contributed by atoms with Crippen LogP contribution in [-0.2, 0) is 19.1 Å². The van der Waals surface area contributed by atoms with Crippen LogP contribution in [0, 0.1) is 11.3 Å². The number of hydrogen-bond donors (Lipinski definition) is 2. The van der Waals surface area contributed by atoms with Crippen LogP contribution in [0.4, 0.5) is 4.79 Å². The Balaban J connectivity index is 2.83. The van der Waals surface area contributed by atoms with Crippen molar-refractivity contribution in [3.05, 3.63) is 0 Å². The molecule has 1 aliphatic heterocycles. The third-order valence-electron chi connectivity index (χ3n) is 3.75. The predicted molar refractivity (Wildman–Crippen MR) is 90.9 cm³/mol. The molecule has 2 N–H and O–H groups in total. The van der Waals surface area contributed by atoms with Crippen LogP contribution in [0.2, 0.25) is 0 Å². The quantitative estimate of drug-likeness (QED) is 0.704. The topological polar surface area (TPSA) is 117 Å². The van der Waals surface area contributed by atoms with Crippen molar-refractivity contribution in [1.29, 1.82) is 5.41 Å². The van der Waals surface area contributed by atoms with Crippen LogP contribution in [-0.4, -0.2) is 64.5 Å². The highest BCUT2D eigenvalue weighted by atomic mass is 16.6. The van der Waals surface area contributed by atoms with Gasteiger partial charge in [-0.1, -0.05) is 0 Å². The van der Waals surface area contributed by atoms with Gasteiger partial charge in [0.2, 0.25) is 5.78 Å². The maximum Gasteiger partial charge on any atom is 0.411 e. The lowest BCUT2D eigenvalue weighted by Crippen LogP contribution is -2.53. The second-order valence-corrected chi connectivity index (χ2v) is 7.46. The fourth-order valence-corrected chi connectivity index (χ4v) is 2.53. The molecular weight excluding hydrogens is 328 g/mol. The first-order valence-corrected chi connectivity index (χ1v) is 8.38. The summed E-state index contributed by atoms with van der Waals surface area (Å²) in [6, 6.07) is -1.01. The van der Waals surface area contributed by atoms with Crippen molar-refractivity contribution in [3.63, 3.8) is 0 Å². The summed E-state index contributed by atoms with van der Waals surface area (Å²) in [6.45, 7) is 8.43. The summed E-state index contributed by atoms with van der Waals surface area (Å²) in [5.41, 5.74) is -0.903. The molecular formula is C17H28N2O6. The van der Waals surface area contributed by atoms with E-state index < -0.39 is 35.4 Å². The van der Waals surface area contributed by atoms with Gasteiger partial charge >= 0.3 is 12.1 Å². The van der Waals surface area contributed by atoms with Gasteiger partial charge < -0.3 is 20.0 Å². The van der Waals surface area contributed by atoms with Crippen LogP contribution in [0.25, 0.3) is 0 Å². The van der Waals surface area contributed by atoms with Crippen molar-refractivity contribution >= 4 is 23.6 Å². The average molecular weight is 356 g/mol. The van der Waals surface area contributed by atoms with E-state index in [1.54, 1.807) is 34.6 Å². The minimum Gasteiger partial charge on any atom is -0.480 e. The van der Waals surface area contributed by atoms with Gasteiger partial charge in [0.25, 0.3) is 0 Å². The van der Waals surface area contributed by atoms with Gasteiger partial charge in [0, 0.05) is 12.5 Å². The Labute approximate surface area is 148 Å². The van der Waals surface area contributed by atoms with Gasteiger partial charge in [0.1, 0.15) is 18.2 Å². The second-order valence-electron chi connectivity index (χ2n) is 7.46. The zero-order chi connectivity index (χ0) is 19.4. The number of hydrogen-bond acceptors (Lipinski definition) is 6. The molecule has 8 nitrogen and oxygen atoms in total. The SMILES string of the molecule is CC(C)OCC(=O)C(=N)[C@H]1CC[C@H](C(=O)O)N(C(=O)OC(C)(C)C)C1. The summed E-state index contributed by atoms with van der Waals surface area (Å²) in [4.78, 5) is 36.9. The summed E-state index contributed by atoms with van der Waals surface area (Å²) < 4.78 is 10.5. The van der Waals surface area contributed by atoms with E-state index in [0.717, 1.165) is 4.90 Å². The first-order chi connectivity index (χ1) is 11.4. The fourth-order valence-electron chi connectivity index (χ4n) is 2.53. The number of ether oxygens (including phenoxy) is 2. The largest absolute Gasteiger partial charge is 0.480 e. The van der Waals surface area contributed by atoms with Crippen molar-refractivity contribution < 1.29 is 29.0 Å². The maximum absolute atomic E-state index is 12.3. The molecule has 0 spiro atoms. The molecule has 1 fully saturated rings. The summed E-state index contributed by atoms with van der Waals surface area (Å²) in [5, 5.41) is 17.4. The molecule has 1 rings (SSSR count). The number of carboxylic acids is 1. The van der Waals surface area contributed by atoms with Crippen LogP contribution in [0.15, 0.2) is 0 Å². The Bertz CT molecular complexity index is 538. The minimum atomic E-state index is -1.12. The number of carbonyl (C=O) groups is 3. The van der Waals surface area contributed by atoms with E-state index in [4.69, 9.17) is 14.9 Å². The minimum absolute atomic E-state index is 0.0296. The van der Waals surface area contributed by atoms with Gasteiger partial charge in [0.15, 0.2) is 0 Å². The van der Waals surface area contributed by atoms with E-state index in [-0.39, 0.29) is 31.4 Å². The van der Waals surface area contributed by atoms with Crippen LogP contribution >= 0.6 is 0 Å². The zero-order valence-electron chi connectivity index (χ0n) is 15.5. The van der Waals surface area contributed by atoms with Gasteiger partial charge in [-0.15, -0.1) is 0 Å². The standard InChI is InChI=1S/C17H28N2O6/c1-10(2)24-9-13(20)14(18)11-6-7-12(15(21)22)19(8-11)16(23)25-17(3,4)5/h10-12,18H,6-9H2,1-5H3,(H,21,22)/t11-,12+/m0/s1. The summed E-state index contributed by atoms with van der Waals surface area (Å²) >= 11 is 0. The fraction of sp³-hybridized carbons (Fsp3) is 0.765. The Kier molecular flexibility index (Phi) is 7.10. The number of ketones is 1. The number of aliphatic carboxylic acids is 1. The molecule has 0 saturated carbocycles. The Morgan fingerprint density at radius 1 is 1.24 bits per heavy atom. The van der Waals surface area contributed by atoms with Gasteiger partial charge in [-0.05, 0) is 47.5 Å². The van der Waals surface area contributed by atoms with Crippen LogP contribution in [0.5, 0.6) is 0 Å². The first-order valence-electron chi connectivity index (χ1n) is 8.38. The molecule has 8 heteroatoms. The molecule has 0 aliphatic carbocycles. The second kappa shape index (κ2) is 8.42. The number of amides is 1. The average Bonchev–Trinajstić information content (AvgIpc) is 2.49. The number of nitrogens with zero attached hydrogens (tertiary/aromatic N) is 1. The number of piperidine rings is 1. The molecule has 0 aromatic heterocycles. The summed E-state index contributed by atoms with van der Waals surface area (Å²) in [7, 11) is 0. The lowest BCUT2D eigenvalue weighted by molar-refractivity contribution is -0.144. The Morgan fingerprint density at radius 2 is 1.84 bits per heavy atom. The molecule has 0 aromatic rings. The highest BCUT2D eigenvalue weighted by Gasteiger charge is 2.40. The van der Waals surface area contributed by atoms with Crippen molar-refractivity contribution in [2.45, 2.75) is 65.2 Å². The summed E-state index contributed by atoms with van der Waals surface area (Å²) in [6.07, 6.45) is -0.358. The molecule has 1 amide bonds. The van der Waals surface area contributed by atoms with Gasteiger partial charge in [-0.25, -0.2) is 9.59 Å². The third-order valence-corrected chi connectivity index (χ3v) is 3.75. The first kappa shape index (κ1) is 21.1.